The van der Waals surface area contributed by atoms with E-state index in [4.69, 9.17) is 10.5 Å². The molecule has 0 saturated carbocycles. The fraction of sp³-hybridized carbons (Fsp3) is 0.375. The van der Waals surface area contributed by atoms with Crippen LogP contribution in [0.15, 0.2) is 36.4 Å². The molecule has 0 unspecified atom stereocenters. The Morgan fingerprint density at radius 2 is 1.86 bits per heavy atom. The van der Waals surface area contributed by atoms with Crippen LogP contribution in [-0.2, 0) is 0 Å². The maximum Gasteiger partial charge on any atom is 0.407 e. The summed E-state index contributed by atoms with van der Waals surface area (Å²) < 4.78 is 44.0. The van der Waals surface area contributed by atoms with Crippen molar-refractivity contribution in [3.63, 3.8) is 0 Å². The number of rotatable bonds is 4. The molecule has 114 valence electrons. The van der Waals surface area contributed by atoms with Crippen molar-refractivity contribution in [2.45, 2.75) is 26.1 Å². The summed E-state index contributed by atoms with van der Waals surface area (Å²) in [7, 11) is 0. The Hall–Kier alpha value is -1.75. The van der Waals surface area contributed by atoms with Gasteiger partial charge >= 0.3 is 6.18 Å². The minimum Gasteiger partial charge on any atom is -0.493 e. The molecular weight excluding hydrogens is 279 g/mol. The van der Waals surface area contributed by atoms with Gasteiger partial charge in [0.1, 0.15) is 11.8 Å². The lowest BCUT2D eigenvalue weighted by Crippen LogP contribution is -2.28. The molecule has 0 saturated heterocycles. The second-order valence-corrected chi connectivity index (χ2v) is 5.45. The van der Waals surface area contributed by atoms with E-state index in [0.717, 1.165) is 0 Å². The predicted octanol–water partition coefficient (Wildman–Crippen LogP) is 4.44. The summed E-state index contributed by atoms with van der Waals surface area (Å²) in [5.74, 6) is 1.03. The molecule has 0 aliphatic rings. The highest BCUT2D eigenvalue weighted by Crippen LogP contribution is 2.35. The number of ether oxygens (including phenoxy) is 1. The highest BCUT2D eigenvalue weighted by atomic mass is 19.4. The minimum absolute atomic E-state index is 0.0791. The Morgan fingerprint density at radius 3 is 2.48 bits per heavy atom. The molecule has 2 aromatic carbocycles. The third kappa shape index (κ3) is 3.67. The average Bonchev–Trinajstić information content (AvgIpc) is 2.42. The highest BCUT2D eigenvalue weighted by Gasteiger charge is 2.38. The summed E-state index contributed by atoms with van der Waals surface area (Å²) in [6.45, 7) is 4.62. The van der Waals surface area contributed by atoms with Crippen LogP contribution in [0.25, 0.3) is 10.8 Å². The summed E-state index contributed by atoms with van der Waals surface area (Å²) in [6.07, 6.45) is -4.46. The Bertz CT molecular complexity index is 622. The SMILES string of the molecule is CC(C)COc1ccc2c([C@H](N)C(F)(F)F)cccc2c1. The van der Waals surface area contributed by atoms with Crippen LogP contribution in [0, 0.1) is 5.92 Å². The van der Waals surface area contributed by atoms with E-state index in [2.05, 4.69) is 0 Å². The van der Waals surface area contributed by atoms with Gasteiger partial charge in [0.2, 0.25) is 0 Å². The molecule has 0 fully saturated rings. The zero-order chi connectivity index (χ0) is 15.6. The van der Waals surface area contributed by atoms with Gasteiger partial charge in [0.25, 0.3) is 0 Å². The van der Waals surface area contributed by atoms with E-state index in [1.165, 1.54) is 6.07 Å². The molecule has 0 aliphatic carbocycles. The quantitative estimate of drug-likeness (QED) is 0.905. The molecule has 2 N–H and O–H groups in total. The zero-order valence-corrected chi connectivity index (χ0v) is 11.9. The second-order valence-electron chi connectivity index (χ2n) is 5.45. The van der Waals surface area contributed by atoms with Crippen molar-refractivity contribution >= 4 is 10.8 Å². The molecule has 2 rings (SSSR count). The third-order valence-corrected chi connectivity index (χ3v) is 3.16. The number of hydrogen-bond donors (Lipinski definition) is 1. The highest BCUT2D eigenvalue weighted by molar-refractivity contribution is 5.87. The first-order valence-corrected chi connectivity index (χ1v) is 6.77. The van der Waals surface area contributed by atoms with E-state index >= 15 is 0 Å². The number of benzene rings is 2. The molecule has 0 heterocycles. The fourth-order valence-corrected chi connectivity index (χ4v) is 2.09. The van der Waals surface area contributed by atoms with Crippen LogP contribution in [-0.4, -0.2) is 12.8 Å². The second kappa shape index (κ2) is 5.93. The molecule has 0 bridgehead atoms. The van der Waals surface area contributed by atoms with Crippen LogP contribution in [0.1, 0.15) is 25.5 Å². The number of nitrogens with two attached hydrogens (primary N) is 1. The lowest BCUT2D eigenvalue weighted by atomic mass is 9.99. The molecule has 1 atom stereocenters. The normalized spacial score (nSPS) is 13.7. The van der Waals surface area contributed by atoms with E-state index in [1.54, 1.807) is 30.3 Å². The molecule has 0 aromatic heterocycles. The Labute approximate surface area is 121 Å². The Kier molecular flexibility index (Phi) is 4.42. The molecular formula is C16H18F3NO. The predicted molar refractivity (Wildman–Crippen MR) is 77.3 cm³/mol. The molecule has 21 heavy (non-hydrogen) atoms. The minimum atomic E-state index is -4.46. The van der Waals surface area contributed by atoms with E-state index in [0.29, 0.717) is 29.0 Å². The average molecular weight is 297 g/mol. The molecule has 5 heteroatoms. The van der Waals surface area contributed by atoms with Crippen LogP contribution in [0.2, 0.25) is 0 Å². The summed E-state index contributed by atoms with van der Waals surface area (Å²) in [6, 6.07) is 7.81. The van der Waals surface area contributed by atoms with Gasteiger partial charge in [-0.1, -0.05) is 38.1 Å². The summed E-state index contributed by atoms with van der Waals surface area (Å²) >= 11 is 0. The van der Waals surface area contributed by atoms with Gasteiger partial charge in [-0.3, -0.25) is 0 Å². The molecule has 0 radical (unpaired) electrons. The van der Waals surface area contributed by atoms with Crippen LogP contribution >= 0.6 is 0 Å². The molecule has 0 aliphatic heterocycles. The lowest BCUT2D eigenvalue weighted by Gasteiger charge is -2.18. The van der Waals surface area contributed by atoms with E-state index < -0.39 is 12.2 Å². The van der Waals surface area contributed by atoms with E-state index in [9.17, 15) is 13.2 Å². The number of halogens is 3. The van der Waals surface area contributed by atoms with Crippen molar-refractivity contribution in [2.75, 3.05) is 6.61 Å². The van der Waals surface area contributed by atoms with Crippen LogP contribution in [0.3, 0.4) is 0 Å². The molecule has 2 aromatic rings. The van der Waals surface area contributed by atoms with Gasteiger partial charge in [0.15, 0.2) is 0 Å². The van der Waals surface area contributed by atoms with Crippen LogP contribution < -0.4 is 10.5 Å². The largest absolute Gasteiger partial charge is 0.493 e. The van der Waals surface area contributed by atoms with Crippen LogP contribution in [0.5, 0.6) is 5.75 Å². The third-order valence-electron chi connectivity index (χ3n) is 3.16. The Balaban J connectivity index is 2.38. The number of fused-ring (bicyclic) bond motifs is 1. The van der Waals surface area contributed by atoms with Crippen molar-refractivity contribution in [1.29, 1.82) is 0 Å². The van der Waals surface area contributed by atoms with Gasteiger partial charge in [0, 0.05) is 0 Å². The monoisotopic (exact) mass is 297 g/mol. The van der Waals surface area contributed by atoms with Gasteiger partial charge in [-0.15, -0.1) is 0 Å². The van der Waals surface area contributed by atoms with Crippen molar-refractivity contribution in [2.24, 2.45) is 11.7 Å². The first-order valence-electron chi connectivity index (χ1n) is 6.77. The fourth-order valence-electron chi connectivity index (χ4n) is 2.09. The van der Waals surface area contributed by atoms with Gasteiger partial charge in [0.05, 0.1) is 6.61 Å². The number of alkyl halides is 3. The summed E-state index contributed by atoms with van der Waals surface area (Å²) in [4.78, 5) is 0. The van der Waals surface area contributed by atoms with Crippen molar-refractivity contribution in [3.8, 4) is 5.75 Å². The van der Waals surface area contributed by atoms with E-state index in [1.807, 2.05) is 13.8 Å². The first kappa shape index (κ1) is 15.6. The van der Waals surface area contributed by atoms with Crippen molar-refractivity contribution in [1.82, 2.24) is 0 Å². The van der Waals surface area contributed by atoms with E-state index in [-0.39, 0.29) is 5.56 Å². The zero-order valence-electron chi connectivity index (χ0n) is 11.9. The molecule has 2 nitrogen and oxygen atoms in total. The first-order chi connectivity index (χ1) is 9.79. The van der Waals surface area contributed by atoms with Gasteiger partial charge in [-0.05, 0) is 34.4 Å². The topological polar surface area (TPSA) is 35.2 Å². The summed E-state index contributed by atoms with van der Waals surface area (Å²) in [5, 5.41) is 1.19. The van der Waals surface area contributed by atoms with Crippen molar-refractivity contribution < 1.29 is 17.9 Å². The maximum atomic E-state index is 12.8. The maximum absolute atomic E-state index is 12.8. The van der Waals surface area contributed by atoms with Gasteiger partial charge in [-0.2, -0.15) is 13.2 Å². The molecule has 0 spiro atoms. The van der Waals surface area contributed by atoms with Gasteiger partial charge < -0.3 is 10.5 Å². The Morgan fingerprint density at radius 1 is 1.14 bits per heavy atom. The van der Waals surface area contributed by atoms with Gasteiger partial charge in [-0.25, -0.2) is 0 Å². The number of hydrogen-bond acceptors (Lipinski definition) is 2. The van der Waals surface area contributed by atoms with Crippen molar-refractivity contribution in [3.05, 3.63) is 42.0 Å². The lowest BCUT2D eigenvalue weighted by molar-refractivity contribution is -0.148. The van der Waals surface area contributed by atoms with Crippen LogP contribution in [0.4, 0.5) is 13.2 Å². The standard InChI is InChI=1S/C16H18F3NO/c1-10(2)9-21-12-6-7-13-11(8-12)4-3-5-14(13)15(20)16(17,18)19/h3-8,10,15H,9,20H2,1-2H3/t15-/m0/s1. The molecule has 0 amide bonds. The smallest absolute Gasteiger partial charge is 0.407 e. The summed E-state index contributed by atoms with van der Waals surface area (Å²) in [5.41, 5.74) is 5.40.